The van der Waals surface area contributed by atoms with E-state index in [2.05, 4.69) is 0 Å². The van der Waals surface area contributed by atoms with Gasteiger partial charge in [0, 0.05) is 12.0 Å². The molecule has 6 nitrogen and oxygen atoms in total. The number of hydrogen-bond donors (Lipinski definition) is 2. The number of aryl methyl sites for hydroxylation is 1. The Morgan fingerprint density at radius 1 is 1.40 bits per heavy atom. The fourth-order valence-electron chi connectivity index (χ4n) is 1.74. The van der Waals surface area contributed by atoms with Gasteiger partial charge in [0.1, 0.15) is 6.29 Å². The summed E-state index contributed by atoms with van der Waals surface area (Å²) in [5.41, 5.74) is 1.03. The van der Waals surface area contributed by atoms with Crippen LogP contribution in [0.1, 0.15) is 40.9 Å². The third-order valence-electron chi connectivity index (χ3n) is 2.75. The second-order valence-electron chi connectivity index (χ2n) is 4.12. The van der Waals surface area contributed by atoms with Gasteiger partial charge in [-0.15, -0.1) is 0 Å². The Labute approximate surface area is 116 Å². The van der Waals surface area contributed by atoms with Crippen molar-refractivity contribution in [2.75, 3.05) is 6.61 Å². The summed E-state index contributed by atoms with van der Waals surface area (Å²) in [5, 5.41) is 18.2. The molecule has 108 valence electrons. The van der Waals surface area contributed by atoms with Crippen molar-refractivity contribution in [1.82, 2.24) is 0 Å². The lowest BCUT2D eigenvalue weighted by atomic mass is 9.98. The summed E-state index contributed by atoms with van der Waals surface area (Å²) in [6.45, 7) is 1.97. The molecule has 0 bridgehead atoms. The molecule has 0 aromatic heterocycles. The van der Waals surface area contributed by atoms with Gasteiger partial charge in [-0.1, -0.05) is 18.2 Å². The number of aliphatic hydroxyl groups excluding tert-OH is 1. The molecule has 1 rings (SSSR count). The molecular formula is C14H16O6. The van der Waals surface area contributed by atoms with Crippen LogP contribution in [-0.2, 0) is 20.7 Å². The zero-order valence-corrected chi connectivity index (χ0v) is 11.0. The standard InChI is InChI=1S/C14H16O6/c1-2-20-12(16)6-5-9-7-10(13(17)14(18)19)3-4-11(9)8-15/h3-4,7-8,13,17H,2,5-6H2,1H3,(H,18,19). The third kappa shape index (κ3) is 4.17. The summed E-state index contributed by atoms with van der Waals surface area (Å²) in [7, 11) is 0. The van der Waals surface area contributed by atoms with Crippen molar-refractivity contribution in [2.45, 2.75) is 25.9 Å². The van der Waals surface area contributed by atoms with Gasteiger partial charge in [0.25, 0.3) is 0 Å². The van der Waals surface area contributed by atoms with E-state index >= 15 is 0 Å². The molecule has 0 aliphatic heterocycles. The Morgan fingerprint density at radius 2 is 2.10 bits per heavy atom. The summed E-state index contributed by atoms with van der Waals surface area (Å²) in [5.74, 6) is -1.77. The molecule has 0 fully saturated rings. The van der Waals surface area contributed by atoms with E-state index in [1.807, 2.05) is 0 Å². The molecule has 1 atom stereocenters. The SMILES string of the molecule is CCOC(=O)CCc1cc(C(O)C(=O)O)ccc1C=O. The van der Waals surface area contributed by atoms with Crippen LogP contribution in [0.4, 0.5) is 0 Å². The van der Waals surface area contributed by atoms with Crippen molar-refractivity contribution in [3.8, 4) is 0 Å². The molecule has 0 saturated carbocycles. The highest BCUT2D eigenvalue weighted by Crippen LogP contribution is 2.19. The number of aliphatic carboxylic acids is 1. The van der Waals surface area contributed by atoms with Crippen LogP contribution in [-0.4, -0.2) is 35.0 Å². The van der Waals surface area contributed by atoms with Gasteiger partial charge < -0.3 is 14.9 Å². The highest BCUT2D eigenvalue weighted by atomic mass is 16.5. The fraction of sp³-hybridized carbons (Fsp3) is 0.357. The van der Waals surface area contributed by atoms with Gasteiger partial charge in [0.05, 0.1) is 6.61 Å². The van der Waals surface area contributed by atoms with Crippen molar-refractivity contribution >= 4 is 18.2 Å². The molecule has 20 heavy (non-hydrogen) atoms. The largest absolute Gasteiger partial charge is 0.479 e. The van der Waals surface area contributed by atoms with E-state index < -0.39 is 18.0 Å². The molecule has 1 aromatic carbocycles. The van der Waals surface area contributed by atoms with Crippen molar-refractivity contribution in [2.24, 2.45) is 0 Å². The molecule has 2 N–H and O–H groups in total. The van der Waals surface area contributed by atoms with Crippen LogP contribution in [0.5, 0.6) is 0 Å². The van der Waals surface area contributed by atoms with Crippen LogP contribution in [0.15, 0.2) is 18.2 Å². The molecule has 0 amide bonds. The number of benzene rings is 1. The molecule has 1 aromatic rings. The minimum absolute atomic E-state index is 0.0846. The smallest absolute Gasteiger partial charge is 0.337 e. The van der Waals surface area contributed by atoms with Crippen LogP contribution in [0.2, 0.25) is 0 Å². The predicted molar refractivity (Wildman–Crippen MR) is 69.4 cm³/mol. The van der Waals surface area contributed by atoms with E-state index in [0.29, 0.717) is 17.4 Å². The number of esters is 1. The van der Waals surface area contributed by atoms with E-state index in [1.165, 1.54) is 18.2 Å². The first-order valence-corrected chi connectivity index (χ1v) is 6.14. The number of ether oxygens (including phenoxy) is 1. The number of hydrogen-bond acceptors (Lipinski definition) is 5. The summed E-state index contributed by atoms with van der Waals surface area (Å²) in [6, 6.07) is 4.22. The average molecular weight is 280 g/mol. The number of carbonyl (C=O) groups is 3. The highest BCUT2D eigenvalue weighted by molar-refractivity contribution is 5.79. The van der Waals surface area contributed by atoms with Crippen LogP contribution < -0.4 is 0 Å². The maximum Gasteiger partial charge on any atom is 0.337 e. The van der Waals surface area contributed by atoms with Crippen molar-refractivity contribution < 1.29 is 29.3 Å². The maximum absolute atomic E-state index is 11.3. The van der Waals surface area contributed by atoms with Crippen molar-refractivity contribution in [3.63, 3.8) is 0 Å². The molecule has 0 aliphatic carbocycles. The molecule has 0 spiro atoms. The van der Waals surface area contributed by atoms with Gasteiger partial charge in [0.2, 0.25) is 0 Å². The first-order chi connectivity index (χ1) is 9.49. The molecular weight excluding hydrogens is 264 g/mol. The molecule has 6 heteroatoms. The van der Waals surface area contributed by atoms with Crippen LogP contribution in [0, 0.1) is 0 Å². The molecule has 1 unspecified atom stereocenters. The summed E-state index contributed by atoms with van der Waals surface area (Å²) in [4.78, 5) is 32.9. The van der Waals surface area contributed by atoms with Crippen LogP contribution in [0.25, 0.3) is 0 Å². The number of rotatable bonds is 7. The Balaban J connectivity index is 2.91. The minimum Gasteiger partial charge on any atom is -0.479 e. The lowest BCUT2D eigenvalue weighted by Gasteiger charge is -2.10. The fourth-order valence-corrected chi connectivity index (χ4v) is 1.74. The minimum atomic E-state index is -1.66. The van der Waals surface area contributed by atoms with E-state index in [9.17, 15) is 19.5 Å². The van der Waals surface area contributed by atoms with Gasteiger partial charge in [-0.3, -0.25) is 9.59 Å². The van der Waals surface area contributed by atoms with E-state index in [-0.39, 0.29) is 25.0 Å². The van der Waals surface area contributed by atoms with Crippen LogP contribution >= 0.6 is 0 Å². The normalized spacial score (nSPS) is 11.7. The number of aliphatic hydroxyl groups is 1. The third-order valence-corrected chi connectivity index (χ3v) is 2.75. The van der Waals surface area contributed by atoms with Crippen LogP contribution in [0.3, 0.4) is 0 Å². The Hall–Kier alpha value is -2.21. The summed E-state index contributed by atoms with van der Waals surface area (Å²) in [6.07, 6.45) is -0.705. The number of carboxylic acids is 1. The monoisotopic (exact) mass is 280 g/mol. The van der Waals surface area contributed by atoms with Gasteiger partial charge >= 0.3 is 11.9 Å². The molecule has 0 saturated heterocycles. The Kier molecular flexibility index (Phi) is 5.86. The zero-order valence-electron chi connectivity index (χ0n) is 11.0. The van der Waals surface area contributed by atoms with Gasteiger partial charge in [0.15, 0.2) is 6.10 Å². The lowest BCUT2D eigenvalue weighted by molar-refractivity contribution is -0.147. The second-order valence-corrected chi connectivity index (χ2v) is 4.12. The predicted octanol–water partition coefficient (Wildman–Crippen LogP) is 1.11. The summed E-state index contributed by atoms with van der Waals surface area (Å²) < 4.78 is 4.78. The lowest BCUT2D eigenvalue weighted by Crippen LogP contribution is -2.12. The number of aldehydes is 1. The van der Waals surface area contributed by atoms with Gasteiger partial charge in [-0.2, -0.15) is 0 Å². The molecule has 0 heterocycles. The van der Waals surface area contributed by atoms with E-state index in [0.717, 1.165) is 0 Å². The number of carboxylic acid groups (broad SMARTS) is 1. The van der Waals surface area contributed by atoms with E-state index in [4.69, 9.17) is 9.84 Å². The zero-order chi connectivity index (χ0) is 15.1. The van der Waals surface area contributed by atoms with Gasteiger partial charge in [-0.25, -0.2) is 4.79 Å². The van der Waals surface area contributed by atoms with E-state index in [1.54, 1.807) is 6.92 Å². The molecule has 0 aliphatic rings. The van der Waals surface area contributed by atoms with Crippen molar-refractivity contribution in [1.29, 1.82) is 0 Å². The first kappa shape index (κ1) is 15.8. The first-order valence-electron chi connectivity index (χ1n) is 6.14. The maximum atomic E-state index is 11.3. The topological polar surface area (TPSA) is 101 Å². The quantitative estimate of drug-likeness (QED) is 0.573. The Morgan fingerprint density at radius 3 is 2.65 bits per heavy atom. The number of carbonyl (C=O) groups excluding carboxylic acids is 2. The van der Waals surface area contributed by atoms with Gasteiger partial charge in [-0.05, 0) is 24.5 Å². The molecule has 0 radical (unpaired) electrons. The Bertz CT molecular complexity index is 508. The second kappa shape index (κ2) is 7.40. The highest BCUT2D eigenvalue weighted by Gasteiger charge is 2.17. The summed E-state index contributed by atoms with van der Waals surface area (Å²) >= 11 is 0. The average Bonchev–Trinajstić information content (AvgIpc) is 2.44. The van der Waals surface area contributed by atoms with Crippen molar-refractivity contribution in [3.05, 3.63) is 34.9 Å².